The third-order valence-electron chi connectivity index (χ3n) is 4.43. The van der Waals surface area contributed by atoms with Crippen molar-refractivity contribution in [1.29, 1.82) is 0 Å². The Bertz CT molecular complexity index is 879. The third kappa shape index (κ3) is 4.43. The second-order valence-electron chi connectivity index (χ2n) is 6.28. The molecule has 1 aliphatic rings. The van der Waals surface area contributed by atoms with Crippen LogP contribution in [0.3, 0.4) is 0 Å². The molecule has 1 aromatic heterocycles. The number of benzene rings is 1. The molecule has 1 fully saturated rings. The molecule has 3 rings (SSSR count). The number of carbonyl (C=O) groups is 3. The van der Waals surface area contributed by atoms with Crippen molar-refractivity contribution in [1.82, 2.24) is 14.8 Å². The molecule has 2 heterocycles. The summed E-state index contributed by atoms with van der Waals surface area (Å²) < 4.78 is 0. The maximum atomic E-state index is 12.7. The van der Waals surface area contributed by atoms with Gasteiger partial charge in [-0.3, -0.25) is 19.4 Å². The van der Waals surface area contributed by atoms with Gasteiger partial charge in [-0.2, -0.15) is 0 Å². The molecular weight excluding hydrogens is 368 g/mol. The van der Waals surface area contributed by atoms with Gasteiger partial charge in [0.2, 0.25) is 6.41 Å². The Labute approximate surface area is 161 Å². The Morgan fingerprint density at radius 1 is 1.15 bits per heavy atom. The van der Waals surface area contributed by atoms with Crippen LogP contribution in [0, 0.1) is 6.92 Å². The number of aryl methyl sites for hydroxylation is 1. The predicted molar refractivity (Wildman–Crippen MR) is 102 cm³/mol. The molecule has 7 nitrogen and oxygen atoms in total. The van der Waals surface area contributed by atoms with Gasteiger partial charge in [-0.1, -0.05) is 11.6 Å². The van der Waals surface area contributed by atoms with Gasteiger partial charge in [-0.05, 0) is 42.8 Å². The number of nitrogens with one attached hydrogen (secondary N) is 1. The number of rotatable bonds is 4. The van der Waals surface area contributed by atoms with Crippen LogP contribution >= 0.6 is 11.6 Å². The Balaban J connectivity index is 1.72. The Kier molecular flexibility index (Phi) is 5.71. The van der Waals surface area contributed by atoms with Crippen molar-refractivity contribution in [2.24, 2.45) is 0 Å². The molecule has 140 valence electrons. The van der Waals surface area contributed by atoms with Crippen molar-refractivity contribution in [2.45, 2.75) is 6.92 Å². The number of pyridine rings is 1. The van der Waals surface area contributed by atoms with E-state index < -0.39 is 5.91 Å². The monoisotopic (exact) mass is 386 g/mol. The Morgan fingerprint density at radius 3 is 2.56 bits per heavy atom. The van der Waals surface area contributed by atoms with Crippen LogP contribution in [0.15, 0.2) is 36.5 Å². The second kappa shape index (κ2) is 8.18. The van der Waals surface area contributed by atoms with E-state index in [-0.39, 0.29) is 11.6 Å². The summed E-state index contributed by atoms with van der Waals surface area (Å²) >= 11 is 5.93. The van der Waals surface area contributed by atoms with Crippen LogP contribution in [-0.2, 0) is 4.79 Å². The normalized spacial score (nSPS) is 14.0. The first kappa shape index (κ1) is 18.8. The van der Waals surface area contributed by atoms with Gasteiger partial charge in [-0.25, -0.2) is 0 Å². The number of aromatic nitrogens is 1. The predicted octanol–water partition coefficient (Wildman–Crippen LogP) is 2.21. The first-order valence-corrected chi connectivity index (χ1v) is 8.88. The van der Waals surface area contributed by atoms with Gasteiger partial charge in [0.15, 0.2) is 0 Å². The van der Waals surface area contributed by atoms with Gasteiger partial charge in [0.25, 0.3) is 11.8 Å². The molecule has 0 spiro atoms. The molecule has 0 unspecified atom stereocenters. The highest BCUT2D eigenvalue weighted by Crippen LogP contribution is 2.20. The van der Waals surface area contributed by atoms with Crippen molar-refractivity contribution in [3.05, 3.63) is 58.4 Å². The van der Waals surface area contributed by atoms with E-state index in [1.165, 1.54) is 12.3 Å². The summed E-state index contributed by atoms with van der Waals surface area (Å²) in [5.74, 6) is -0.583. The fraction of sp³-hybridized carbons (Fsp3) is 0.263. The minimum absolute atomic E-state index is 0.154. The average molecular weight is 387 g/mol. The zero-order chi connectivity index (χ0) is 19.4. The summed E-state index contributed by atoms with van der Waals surface area (Å²) in [5.41, 5.74) is 2.01. The summed E-state index contributed by atoms with van der Waals surface area (Å²) in [7, 11) is 0. The van der Waals surface area contributed by atoms with Crippen LogP contribution < -0.4 is 5.32 Å². The Morgan fingerprint density at radius 2 is 1.89 bits per heavy atom. The molecule has 0 aliphatic carbocycles. The van der Waals surface area contributed by atoms with Crippen molar-refractivity contribution in [3.63, 3.8) is 0 Å². The van der Waals surface area contributed by atoms with Crippen molar-refractivity contribution < 1.29 is 14.4 Å². The lowest BCUT2D eigenvalue weighted by atomic mass is 10.1. The summed E-state index contributed by atoms with van der Waals surface area (Å²) in [6.07, 6.45) is 2.23. The van der Waals surface area contributed by atoms with E-state index in [0.717, 1.165) is 12.0 Å². The average Bonchev–Trinajstić information content (AvgIpc) is 2.69. The number of carbonyl (C=O) groups excluding carboxylic acids is 3. The number of hydrogen-bond acceptors (Lipinski definition) is 4. The van der Waals surface area contributed by atoms with E-state index in [1.54, 1.807) is 34.1 Å². The summed E-state index contributed by atoms with van der Waals surface area (Å²) in [6.45, 7) is 3.78. The number of piperazine rings is 1. The fourth-order valence-electron chi connectivity index (χ4n) is 2.85. The minimum atomic E-state index is -0.402. The van der Waals surface area contributed by atoms with E-state index in [4.69, 9.17) is 11.6 Å². The molecule has 0 atom stereocenters. The van der Waals surface area contributed by atoms with E-state index in [2.05, 4.69) is 10.3 Å². The molecule has 0 saturated carbocycles. The zero-order valence-corrected chi connectivity index (χ0v) is 15.6. The highest BCUT2D eigenvalue weighted by molar-refractivity contribution is 6.30. The molecule has 1 aromatic carbocycles. The number of hydrogen-bond donors (Lipinski definition) is 1. The van der Waals surface area contributed by atoms with Crippen LogP contribution in [0.25, 0.3) is 0 Å². The van der Waals surface area contributed by atoms with Crippen LogP contribution in [0.1, 0.15) is 26.4 Å². The van der Waals surface area contributed by atoms with Crippen LogP contribution in [-0.4, -0.2) is 59.2 Å². The highest BCUT2D eigenvalue weighted by Gasteiger charge is 2.22. The zero-order valence-electron chi connectivity index (χ0n) is 14.8. The molecule has 2 aromatic rings. The first-order valence-electron chi connectivity index (χ1n) is 8.50. The molecule has 1 aliphatic heterocycles. The summed E-state index contributed by atoms with van der Waals surface area (Å²) in [5, 5.41) is 3.37. The first-order chi connectivity index (χ1) is 13.0. The molecule has 1 saturated heterocycles. The van der Waals surface area contributed by atoms with Crippen molar-refractivity contribution in [2.75, 3.05) is 31.5 Å². The van der Waals surface area contributed by atoms with Crippen molar-refractivity contribution >= 4 is 35.5 Å². The quantitative estimate of drug-likeness (QED) is 0.817. The molecule has 0 bridgehead atoms. The van der Waals surface area contributed by atoms with Gasteiger partial charge in [0.05, 0.1) is 0 Å². The maximum Gasteiger partial charge on any atom is 0.274 e. The standard InChI is InChI=1S/C19H19ClN4O3/c1-13-10-15(20)2-3-16(13)22-18(26)17-11-14(4-5-21-17)19(27)24-8-6-23(12-25)7-9-24/h2-5,10-12H,6-9H2,1H3,(H,22,26). The lowest BCUT2D eigenvalue weighted by Gasteiger charge is -2.32. The lowest BCUT2D eigenvalue weighted by molar-refractivity contribution is -0.119. The minimum Gasteiger partial charge on any atom is -0.342 e. The molecule has 0 radical (unpaired) electrons. The van der Waals surface area contributed by atoms with E-state index in [0.29, 0.717) is 42.5 Å². The number of halogens is 1. The largest absolute Gasteiger partial charge is 0.342 e. The van der Waals surface area contributed by atoms with Crippen LogP contribution in [0.4, 0.5) is 5.69 Å². The highest BCUT2D eigenvalue weighted by atomic mass is 35.5. The molecular formula is C19H19ClN4O3. The smallest absolute Gasteiger partial charge is 0.274 e. The van der Waals surface area contributed by atoms with Gasteiger partial charge in [0, 0.05) is 48.6 Å². The van der Waals surface area contributed by atoms with E-state index >= 15 is 0 Å². The van der Waals surface area contributed by atoms with E-state index in [1.807, 2.05) is 6.92 Å². The molecule has 27 heavy (non-hydrogen) atoms. The SMILES string of the molecule is Cc1cc(Cl)ccc1NC(=O)c1cc(C(=O)N2CCN(C=O)CC2)ccn1. The van der Waals surface area contributed by atoms with Gasteiger partial charge in [-0.15, -0.1) is 0 Å². The van der Waals surface area contributed by atoms with Gasteiger partial charge < -0.3 is 15.1 Å². The molecule has 3 amide bonds. The Hall–Kier alpha value is -2.93. The maximum absolute atomic E-state index is 12.7. The van der Waals surface area contributed by atoms with Gasteiger partial charge >= 0.3 is 0 Å². The molecule has 8 heteroatoms. The van der Waals surface area contributed by atoms with Crippen molar-refractivity contribution in [3.8, 4) is 0 Å². The lowest BCUT2D eigenvalue weighted by Crippen LogP contribution is -2.48. The topological polar surface area (TPSA) is 82.6 Å². The summed E-state index contributed by atoms with van der Waals surface area (Å²) in [6, 6.07) is 8.23. The number of nitrogens with zero attached hydrogens (tertiary/aromatic N) is 3. The van der Waals surface area contributed by atoms with E-state index in [9.17, 15) is 14.4 Å². The molecule has 1 N–H and O–H groups in total. The van der Waals surface area contributed by atoms with Crippen LogP contribution in [0.2, 0.25) is 5.02 Å². The fourth-order valence-corrected chi connectivity index (χ4v) is 3.08. The van der Waals surface area contributed by atoms with Gasteiger partial charge in [0.1, 0.15) is 5.69 Å². The third-order valence-corrected chi connectivity index (χ3v) is 4.66. The summed E-state index contributed by atoms with van der Waals surface area (Å²) in [4.78, 5) is 43.3. The second-order valence-corrected chi connectivity index (χ2v) is 6.71. The number of anilines is 1. The number of amides is 3. The van der Waals surface area contributed by atoms with Crippen LogP contribution in [0.5, 0.6) is 0 Å².